The minimum Gasteiger partial charge on any atom is -0.0654 e. The van der Waals surface area contributed by atoms with E-state index in [4.69, 9.17) is 0 Å². The van der Waals surface area contributed by atoms with Crippen molar-refractivity contribution in [3.63, 3.8) is 0 Å². The summed E-state index contributed by atoms with van der Waals surface area (Å²) < 4.78 is 0. The van der Waals surface area contributed by atoms with Gasteiger partial charge in [-0.1, -0.05) is 52.4 Å². The Kier molecular flexibility index (Phi) is 4.72. The first kappa shape index (κ1) is 10.1. The monoisotopic (exact) mass is 168 g/mol. The fourth-order valence-electron chi connectivity index (χ4n) is 2.21. The number of hydrogen-bond acceptors (Lipinski definition) is 0. The van der Waals surface area contributed by atoms with Crippen molar-refractivity contribution in [1.29, 1.82) is 0 Å². The van der Waals surface area contributed by atoms with Gasteiger partial charge in [-0.15, -0.1) is 0 Å². The Balaban J connectivity index is 2.05. The van der Waals surface area contributed by atoms with E-state index in [9.17, 15) is 0 Å². The maximum atomic E-state index is 2.33. The first-order valence-corrected chi connectivity index (χ1v) is 5.88. The summed E-state index contributed by atoms with van der Waals surface area (Å²) in [7, 11) is 0. The largest absolute Gasteiger partial charge is 0.0654 e. The van der Waals surface area contributed by atoms with Crippen molar-refractivity contribution in [3.05, 3.63) is 0 Å². The minimum atomic E-state index is 1.10. The van der Waals surface area contributed by atoms with Gasteiger partial charge in [0.25, 0.3) is 0 Å². The van der Waals surface area contributed by atoms with E-state index in [1.165, 1.54) is 51.4 Å². The second-order valence-electron chi connectivity index (χ2n) is 4.38. The molecule has 12 heavy (non-hydrogen) atoms. The normalized spacial score (nSPS) is 19.5. The van der Waals surface area contributed by atoms with E-state index < -0.39 is 0 Å². The van der Waals surface area contributed by atoms with Crippen LogP contribution in [-0.4, -0.2) is 0 Å². The van der Waals surface area contributed by atoms with Crippen molar-refractivity contribution in [3.8, 4) is 0 Å². The molecule has 1 unspecified atom stereocenters. The number of rotatable bonds is 7. The molecular formula is C12H24. The van der Waals surface area contributed by atoms with Crippen LogP contribution >= 0.6 is 0 Å². The van der Waals surface area contributed by atoms with Crippen molar-refractivity contribution in [2.75, 3.05) is 0 Å². The van der Waals surface area contributed by atoms with Crippen molar-refractivity contribution >= 4 is 0 Å². The van der Waals surface area contributed by atoms with Gasteiger partial charge in [-0.2, -0.15) is 0 Å². The zero-order chi connectivity index (χ0) is 8.81. The van der Waals surface area contributed by atoms with Crippen molar-refractivity contribution in [1.82, 2.24) is 0 Å². The summed E-state index contributed by atoms with van der Waals surface area (Å²) in [6.45, 7) is 4.63. The highest BCUT2D eigenvalue weighted by Crippen LogP contribution is 2.41. The molecular weight excluding hydrogens is 144 g/mol. The Morgan fingerprint density at radius 3 is 2.25 bits per heavy atom. The van der Waals surface area contributed by atoms with Gasteiger partial charge < -0.3 is 0 Å². The van der Waals surface area contributed by atoms with Gasteiger partial charge in [0.05, 0.1) is 0 Å². The fraction of sp³-hybridized carbons (Fsp3) is 1.00. The average molecular weight is 168 g/mol. The van der Waals surface area contributed by atoms with Gasteiger partial charge >= 0.3 is 0 Å². The van der Waals surface area contributed by atoms with Gasteiger partial charge in [0.2, 0.25) is 0 Å². The van der Waals surface area contributed by atoms with Crippen LogP contribution in [0.1, 0.15) is 65.2 Å². The fourth-order valence-corrected chi connectivity index (χ4v) is 2.21. The summed E-state index contributed by atoms with van der Waals surface area (Å²) in [5.74, 6) is 2.24. The molecule has 0 radical (unpaired) electrons. The van der Waals surface area contributed by atoms with Gasteiger partial charge in [0.15, 0.2) is 0 Å². The SMILES string of the molecule is CCCCCC(CCC)C1CC1. The lowest BCUT2D eigenvalue weighted by Gasteiger charge is -2.14. The summed E-state index contributed by atoms with van der Waals surface area (Å²) in [5.41, 5.74) is 0. The topological polar surface area (TPSA) is 0 Å². The Labute approximate surface area is 77.7 Å². The minimum absolute atomic E-state index is 1.10. The molecule has 1 atom stereocenters. The molecule has 0 bridgehead atoms. The zero-order valence-corrected chi connectivity index (χ0v) is 8.81. The van der Waals surface area contributed by atoms with Crippen LogP contribution < -0.4 is 0 Å². The van der Waals surface area contributed by atoms with Crippen LogP contribution in [0.25, 0.3) is 0 Å². The lowest BCUT2D eigenvalue weighted by Crippen LogP contribution is -2.02. The molecule has 0 aliphatic heterocycles. The molecule has 0 spiro atoms. The zero-order valence-electron chi connectivity index (χ0n) is 8.81. The summed E-state index contributed by atoms with van der Waals surface area (Å²) in [4.78, 5) is 0. The third-order valence-electron chi connectivity index (χ3n) is 3.13. The molecule has 1 fully saturated rings. The first-order valence-electron chi connectivity index (χ1n) is 5.88. The standard InChI is InChI=1S/C12H24/c1-3-5-6-8-11(7-4-2)12-9-10-12/h11-12H,3-10H2,1-2H3. The second kappa shape index (κ2) is 5.61. The molecule has 1 aliphatic carbocycles. The van der Waals surface area contributed by atoms with E-state index >= 15 is 0 Å². The van der Waals surface area contributed by atoms with Crippen LogP contribution in [0.4, 0.5) is 0 Å². The molecule has 0 saturated heterocycles. The molecule has 1 rings (SSSR count). The molecule has 72 valence electrons. The molecule has 0 nitrogen and oxygen atoms in total. The van der Waals surface area contributed by atoms with Crippen LogP contribution in [0.3, 0.4) is 0 Å². The predicted molar refractivity (Wildman–Crippen MR) is 55.3 cm³/mol. The molecule has 0 aromatic carbocycles. The second-order valence-corrected chi connectivity index (χ2v) is 4.38. The van der Waals surface area contributed by atoms with Crippen LogP contribution in [-0.2, 0) is 0 Å². The van der Waals surface area contributed by atoms with Crippen LogP contribution in [0.15, 0.2) is 0 Å². The summed E-state index contributed by atoms with van der Waals surface area (Å²) >= 11 is 0. The van der Waals surface area contributed by atoms with E-state index in [0.717, 1.165) is 11.8 Å². The lowest BCUT2D eigenvalue weighted by molar-refractivity contribution is 0.378. The van der Waals surface area contributed by atoms with Crippen LogP contribution in [0.5, 0.6) is 0 Å². The van der Waals surface area contributed by atoms with Crippen molar-refractivity contribution in [2.24, 2.45) is 11.8 Å². The highest BCUT2D eigenvalue weighted by molar-refractivity contribution is 4.80. The molecule has 0 aromatic rings. The number of unbranched alkanes of at least 4 members (excludes halogenated alkanes) is 2. The third-order valence-corrected chi connectivity index (χ3v) is 3.13. The lowest BCUT2D eigenvalue weighted by atomic mass is 9.92. The maximum Gasteiger partial charge on any atom is -0.0386 e. The van der Waals surface area contributed by atoms with Gasteiger partial charge in [-0.3, -0.25) is 0 Å². The van der Waals surface area contributed by atoms with Crippen molar-refractivity contribution < 1.29 is 0 Å². The van der Waals surface area contributed by atoms with Gasteiger partial charge in [-0.05, 0) is 24.7 Å². The van der Waals surface area contributed by atoms with E-state index in [0.29, 0.717) is 0 Å². The third kappa shape index (κ3) is 3.60. The molecule has 0 amide bonds. The maximum absolute atomic E-state index is 2.33. The highest BCUT2D eigenvalue weighted by Gasteiger charge is 2.29. The van der Waals surface area contributed by atoms with Gasteiger partial charge in [0, 0.05) is 0 Å². The molecule has 0 heterocycles. The van der Waals surface area contributed by atoms with E-state index in [1.807, 2.05) is 0 Å². The molecule has 0 aromatic heterocycles. The quantitative estimate of drug-likeness (QED) is 0.494. The van der Waals surface area contributed by atoms with Crippen LogP contribution in [0.2, 0.25) is 0 Å². The average Bonchev–Trinajstić information content (AvgIpc) is 2.86. The van der Waals surface area contributed by atoms with E-state index in [1.54, 1.807) is 0 Å². The van der Waals surface area contributed by atoms with Gasteiger partial charge in [0.1, 0.15) is 0 Å². The van der Waals surface area contributed by atoms with E-state index in [-0.39, 0.29) is 0 Å². The number of hydrogen-bond donors (Lipinski definition) is 0. The van der Waals surface area contributed by atoms with Crippen molar-refractivity contribution in [2.45, 2.75) is 65.2 Å². The Hall–Kier alpha value is 0. The van der Waals surface area contributed by atoms with Crippen LogP contribution in [0, 0.1) is 11.8 Å². The highest BCUT2D eigenvalue weighted by atomic mass is 14.3. The van der Waals surface area contributed by atoms with E-state index in [2.05, 4.69) is 13.8 Å². The summed E-state index contributed by atoms with van der Waals surface area (Å²) in [6.07, 6.45) is 11.8. The summed E-state index contributed by atoms with van der Waals surface area (Å²) in [5, 5.41) is 0. The Morgan fingerprint density at radius 1 is 1.00 bits per heavy atom. The first-order chi connectivity index (χ1) is 5.88. The Bertz CT molecular complexity index is 103. The summed E-state index contributed by atoms with van der Waals surface area (Å²) in [6, 6.07) is 0. The predicted octanol–water partition coefficient (Wildman–Crippen LogP) is 4.39. The molecule has 1 saturated carbocycles. The Morgan fingerprint density at radius 2 is 1.75 bits per heavy atom. The smallest absolute Gasteiger partial charge is 0.0386 e. The molecule has 1 aliphatic rings. The molecule has 0 heteroatoms. The van der Waals surface area contributed by atoms with Gasteiger partial charge in [-0.25, -0.2) is 0 Å². The molecule has 0 N–H and O–H groups in total.